The molecule has 6 N–H and O–H groups in total. The van der Waals surface area contributed by atoms with Crippen LogP contribution in [0.4, 0.5) is 0 Å². The Balaban J connectivity index is 1.52. The Bertz CT molecular complexity index is 1250. The average Bonchev–Trinajstić information content (AvgIpc) is 3.28. The number of aliphatic hydroxyl groups is 1. The number of nitrogens with zero attached hydrogens (tertiary/aromatic N) is 3. The minimum atomic E-state index is -4.14. The van der Waals surface area contributed by atoms with Crippen LogP contribution < -0.4 is 20.7 Å². The summed E-state index contributed by atoms with van der Waals surface area (Å²) in [5.41, 5.74) is 2.12. The van der Waals surface area contributed by atoms with Gasteiger partial charge in [-0.2, -0.15) is 9.82 Å². The van der Waals surface area contributed by atoms with Gasteiger partial charge in [0.25, 0.3) is 5.91 Å². The van der Waals surface area contributed by atoms with Crippen molar-refractivity contribution in [3.8, 4) is 0 Å². The number of amides is 1. The summed E-state index contributed by atoms with van der Waals surface area (Å²) in [7, 11) is -4.14. The molecule has 1 amide bonds. The van der Waals surface area contributed by atoms with E-state index in [1.165, 1.54) is 12.4 Å². The minimum absolute atomic E-state index is 0.0235. The van der Waals surface area contributed by atoms with Crippen LogP contribution in [-0.2, 0) is 21.4 Å². The van der Waals surface area contributed by atoms with Crippen molar-refractivity contribution in [1.29, 1.82) is 0 Å². The molecule has 1 aromatic carbocycles. The lowest BCUT2D eigenvalue weighted by Crippen LogP contribution is -2.48. The van der Waals surface area contributed by atoms with Gasteiger partial charge in [-0.15, -0.1) is 0 Å². The number of aliphatic hydroxyl groups excluding tert-OH is 1. The van der Waals surface area contributed by atoms with Gasteiger partial charge in [-0.25, -0.2) is 8.42 Å². The number of hydrogen-bond donors (Lipinski definition) is 6. The molecular formula is C23H33N7O6S. The zero-order chi connectivity index (χ0) is 27.2. The Kier molecular flexibility index (Phi) is 9.23. The fourth-order valence-corrected chi connectivity index (χ4v) is 5.66. The van der Waals surface area contributed by atoms with Gasteiger partial charge in [0, 0.05) is 32.4 Å². The molecule has 1 unspecified atom stereocenters. The number of carbonyl (C=O) groups is 2. The fourth-order valence-electron chi connectivity index (χ4n) is 4.01. The van der Waals surface area contributed by atoms with Gasteiger partial charge in [0.1, 0.15) is 6.04 Å². The molecule has 0 aliphatic carbocycles. The lowest BCUT2D eigenvalue weighted by Gasteiger charge is -2.19. The van der Waals surface area contributed by atoms with E-state index in [1.54, 1.807) is 30.7 Å². The number of aromatic nitrogens is 2. The van der Waals surface area contributed by atoms with Crippen LogP contribution in [0.1, 0.15) is 33.5 Å². The van der Waals surface area contributed by atoms with E-state index in [0.717, 1.165) is 5.56 Å². The molecule has 0 saturated heterocycles. The molecule has 0 fully saturated rings. The maximum Gasteiger partial charge on any atom is 0.323 e. The normalized spacial score (nSPS) is 16.4. The molecule has 2 aromatic rings. The van der Waals surface area contributed by atoms with E-state index in [-0.39, 0.29) is 10.5 Å². The van der Waals surface area contributed by atoms with E-state index in [9.17, 15) is 28.2 Å². The molecule has 2 atom stereocenters. The Morgan fingerprint density at radius 1 is 1.24 bits per heavy atom. The van der Waals surface area contributed by atoms with Crippen LogP contribution in [-0.4, -0.2) is 84.6 Å². The molecule has 0 radical (unpaired) electrons. The standard InChI is InChI=1S/C23H33N7O6S/c1-14-7-15(2)20(16(3)8-14)37(35,36)29-19(22(33)34)12-25-21(32)17-9-28-30(13-17)6-4-5-24-23-26-10-18(31)11-27-23/h7-9,13,18-19,29,31H,4-6,10-12H2,1-3H3,(H,25,32)(H,33,34)(H2,24,26,27)/t19-/m0/s1. The molecule has 1 aliphatic rings. The lowest BCUT2D eigenvalue weighted by molar-refractivity contribution is -0.138. The van der Waals surface area contributed by atoms with Crippen molar-refractivity contribution in [2.75, 3.05) is 26.2 Å². The largest absolute Gasteiger partial charge is 0.480 e. The number of carboxylic acids is 1. The highest BCUT2D eigenvalue weighted by molar-refractivity contribution is 7.89. The van der Waals surface area contributed by atoms with Crippen LogP contribution in [0.15, 0.2) is 34.4 Å². The van der Waals surface area contributed by atoms with E-state index >= 15 is 0 Å². The molecule has 2 heterocycles. The second kappa shape index (κ2) is 12.2. The Labute approximate surface area is 215 Å². The highest BCUT2D eigenvalue weighted by Gasteiger charge is 2.28. The summed E-state index contributed by atoms with van der Waals surface area (Å²) in [4.78, 5) is 28.5. The zero-order valence-corrected chi connectivity index (χ0v) is 21.8. The summed E-state index contributed by atoms with van der Waals surface area (Å²) >= 11 is 0. The summed E-state index contributed by atoms with van der Waals surface area (Å²) in [5, 5.41) is 31.7. The zero-order valence-electron chi connectivity index (χ0n) is 21.0. The summed E-state index contributed by atoms with van der Waals surface area (Å²) < 4.78 is 29.6. The Morgan fingerprint density at radius 3 is 2.57 bits per heavy atom. The molecule has 37 heavy (non-hydrogen) atoms. The van der Waals surface area contributed by atoms with Crippen molar-refractivity contribution in [2.24, 2.45) is 4.99 Å². The summed E-state index contributed by atoms with van der Waals surface area (Å²) in [6.45, 7) is 6.60. The van der Waals surface area contributed by atoms with E-state index in [4.69, 9.17) is 0 Å². The van der Waals surface area contributed by atoms with Crippen molar-refractivity contribution in [3.63, 3.8) is 0 Å². The number of sulfonamides is 1. The molecule has 0 bridgehead atoms. The van der Waals surface area contributed by atoms with Crippen LogP contribution in [0.25, 0.3) is 0 Å². The smallest absolute Gasteiger partial charge is 0.323 e. The van der Waals surface area contributed by atoms with E-state index in [2.05, 4.69) is 30.8 Å². The maximum absolute atomic E-state index is 12.9. The molecular weight excluding hydrogens is 502 g/mol. The quantitative estimate of drug-likeness (QED) is 0.202. The predicted molar refractivity (Wildman–Crippen MR) is 136 cm³/mol. The van der Waals surface area contributed by atoms with Crippen LogP contribution >= 0.6 is 0 Å². The number of aliphatic carboxylic acids is 1. The van der Waals surface area contributed by atoms with Crippen molar-refractivity contribution < 1.29 is 28.2 Å². The Hall–Kier alpha value is -3.49. The first kappa shape index (κ1) is 28.1. The third kappa shape index (κ3) is 7.74. The van der Waals surface area contributed by atoms with E-state index in [1.807, 2.05) is 6.92 Å². The predicted octanol–water partition coefficient (Wildman–Crippen LogP) is -0.730. The summed E-state index contributed by atoms with van der Waals surface area (Å²) in [6.07, 6.45) is 3.09. The molecule has 3 rings (SSSR count). The van der Waals surface area contributed by atoms with Gasteiger partial charge in [0.15, 0.2) is 5.96 Å². The molecule has 202 valence electrons. The highest BCUT2D eigenvalue weighted by Crippen LogP contribution is 2.21. The van der Waals surface area contributed by atoms with Gasteiger partial charge in [-0.05, 0) is 38.3 Å². The van der Waals surface area contributed by atoms with Gasteiger partial charge < -0.3 is 26.2 Å². The molecule has 13 nitrogen and oxygen atoms in total. The van der Waals surface area contributed by atoms with Crippen LogP contribution in [0.3, 0.4) is 0 Å². The summed E-state index contributed by atoms with van der Waals surface area (Å²) in [5.74, 6) is -1.36. The van der Waals surface area contributed by atoms with Gasteiger partial charge in [-0.3, -0.25) is 19.3 Å². The molecule has 1 aromatic heterocycles. The van der Waals surface area contributed by atoms with Crippen LogP contribution in [0, 0.1) is 20.8 Å². The number of rotatable bonds is 11. The van der Waals surface area contributed by atoms with Crippen LogP contribution in [0.5, 0.6) is 0 Å². The fraction of sp³-hybridized carbons (Fsp3) is 0.478. The molecule has 0 spiro atoms. The van der Waals surface area contributed by atoms with Gasteiger partial charge in [0.2, 0.25) is 10.0 Å². The lowest BCUT2D eigenvalue weighted by atomic mass is 10.1. The average molecular weight is 536 g/mol. The van der Waals surface area contributed by atoms with E-state index in [0.29, 0.717) is 49.7 Å². The number of carbonyl (C=O) groups excluding carboxylic acids is 1. The maximum atomic E-state index is 12.9. The first-order valence-corrected chi connectivity index (χ1v) is 13.3. The second-order valence-corrected chi connectivity index (χ2v) is 10.6. The number of benzene rings is 1. The second-order valence-electron chi connectivity index (χ2n) is 8.95. The van der Waals surface area contributed by atoms with E-state index < -0.39 is 40.6 Å². The number of nitrogens with one attached hydrogen (secondary N) is 4. The van der Waals surface area contributed by atoms with Gasteiger partial charge >= 0.3 is 5.97 Å². The first-order chi connectivity index (χ1) is 17.5. The number of guanidine groups is 1. The van der Waals surface area contributed by atoms with Crippen molar-refractivity contribution in [3.05, 3.63) is 46.8 Å². The molecule has 0 saturated carbocycles. The van der Waals surface area contributed by atoms with Gasteiger partial charge in [0.05, 0.1) is 29.3 Å². The third-order valence-corrected chi connectivity index (χ3v) is 7.43. The molecule has 14 heteroatoms. The topological polar surface area (TPSA) is 187 Å². The number of aryl methyl sites for hydroxylation is 4. The first-order valence-electron chi connectivity index (χ1n) is 11.8. The Morgan fingerprint density at radius 2 is 1.95 bits per heavy atom. The highest BCUT2D eigenvalue weighted by atomic mass is 32.2. The van der Waals surface area contributed by atoms with Crippen molar-refractivity contribution in [2.45, 2.75) is 50.8 Å². The minimum Gasteiger partial charge on any atom is -0.480 e. The number of carboxylic acid groups (broad SMARTS) is 1. The third-order valence-electron chi connectivity index (χ3n) is 5.65. The van der Waals surface area contributed by atoms with Gasteiger partial charge in [-0.1, -0.05) is 17.7 Å². The van der Waals surface area contributed by atoms with Crippen molar-refractivity contribution in [1.82, 2.24) is 30.5 Å². The monoisotopic (exact) mass is 535 g/mol. The van der Waals surface area contributed by atoms with Crippen molar-refractivity contribution >= 4 is 27.9 Å². The van der Waals surface area contributed by atoms with Crippen LogP contribution in [0.2, 0.25) is 0 Å². The number of β-amino-alcohol motifs (C(OH)–C–C–N with tert-alkyl or cyclic N) is 1. The SMILES string of the molecule is Cc1cc(C)c(S(=O)(=O)N[C@@H](CNC(=O)c2cnn(CCCNC3=NCC(O)CN3)c2)C(=O)O)c(C)c1. The summed E-state index contributed by atoms with van der Waals surface area (Å²) in [6, 6.07) is 1.85. The number of aliphatic imine (C=N–C) groups is 1. The number of hydrogen-bond acceptors (Lipinski definition) is 9. The molecule has 1 aliphatic heterocycles.